The second-order valence-electron chi connectivity index (χ2n) is 4.28. The average Bonchev–Trinajstić information content (AvgIpc) is 2.79. The maximum absolute atomic E-state index is 11.2. The zero-order valence-corrected chi connectivity index (χ0v) is 11.6. The van der Waals surface area contributed by atoms with Gasteiger partial charge in [0, 0.05) is 11.0 Å². The minimum Gasteiger partial charge on any atom is -0.408 e. The van der Waals surface area contributed by atoms with E-state index < -0.39 is 5.76 Å². The van der Waals surface area contributed by atoms with Gasteiger partial charge in [-0.05, 0) is 24.5 Å². The van der Waals surface area contributed by atoms with Gasteiger partial charge in [0.05, 0.1) is 22.6 Å². The third-order valence-electron chi connectivity index (χ3n) is 2.97. The highest BCUT2D eigenvalue weighted by molar-refractivity contribution is 7.98. The van der Waals surface area contributed by atoms with E-state index in [0.717, 1.165) is 16.3 Å². The van der Waals surface area contributed by atoms with E-state index in [0.29, 0.717) is 16.8 Å². The van der Waals surface area contributed by atoms with Gasteiger partial charge in [-0.25, -0.2) is 4.79 Å². The van der Waals surface area contributed by atoms with Crippen molar-refractivity contribution < 1.29 is 4.42 Å². The lowest BCUT2D eigenvalue weighted by Crippen LogP contribution is -1.97. The fourth-order valence-electron chi connectivity index (χ4n) is 2.01. The molecule has 2 aromatic carbocycles. The van der Waals surface area contributed by atoms with Gasteiger partial charge >= 0.3 is 5.76 Å². The van der Waals surface area contributed by atoms with Gasteiger partial charge in [-0.3, -0.25) is 4.98 Å². The van der Waals surface area contributed by atoms with Crippen molar-refractivity contribution in [3.63, 3.8) is 0 Å². The van der Waals surface area contributed by atoms with Crippen LogP contribution in [0.5, 0.6) is 0 Å². The van der Waals surface area contributed by atoms with Crippen LogP contribution in [0.25, 0.3) is 11.1 Å². The number of benzene rings is 2. The van der Waals surface area contributed by atoms with E-state index >= 15 is 0 Å². The van der Waals surface area contributed by atoms with Crippen molar-refractivity contribution in [3.8, 4) is 0 Å². The van der Waals surface area contributed by atoms with Crippen LogP contribution in [-0.2, 0) is 0 Å². The molecular formula is C14H13N3O2S. The number of nitrogens with two attached hydrogens (primary N) is 1. The molecular weight excluding hydrogens is 274 g/mol. The predicted molar refractivity (Wildman–Crippen MR) is 82.8 cm³/mol. The van der Waals surface area contributed by atoms with E-state index in [2.05, 4.69) is 10.3 Å². The van der Waals surface area contributed by atoms with Crippen molar-refractivity contribution in [2.75, 3.05) is 17.3 Å². The number of rotatable bonds is 3. The molecule has 5 nitrogen and oxygen atoms in total. The Bertz CT molecular complexity index is 823. The number of para-hydroxylation sites is 1. The lowest BCUT2D eigenvalue weighted by Gasteiger charge is -2.12. The van der Waals surface area contributed by atoms with E-state index in [-0.39, 0.29) is 0 Å². The molecule has 4 N–H and O–H groups in total. The molecule has 0 bridgehead atoms. The molecule has 20 heavy (non-hydrogen) atoms. The Morgan fingerprint density at radius 3 is 2.85 bits per heavy atom. The van der Waals surface area contributed by atoms with Crippen LogP contribution in [0, 0.1) is 0 Å². The van der Waals surface area contributed by atoms with E-state index in [4.69, 9.17) is 10.2 Å². The largest absolute Gasteiger partial charge is 0.417 e. The Balaban J connectivity index is 2.05. The normalized spacial score (nSPS) is 10.8. The molecule has 0 amide bonds. The number of nitrogen functional groups attached to an aromatic ring is 1. The smallest absolute Gasteiger partial charge is 0.408 e. The van der Waals surface area contributed by atoms with Gasteiger partial charge in [0.1, 0.15) is 0 Å². The molecule has 0 saturated heterocycles. The van der Waals surface area contributed by atoms with Crippen LogP contribution in [0.2, 0.25) is 0 Å². The maximum Gasteiger partial charge on any atom is 0.417 e. The number of fused-ring (bicyclic) bond motifs is 1. The minimum absolute atomic E-state index is 0.455. The molecule has 0 aliphatic carbocycles. The summed E-state index contributed by atoms with van der Waals surface area (Å²) < 4.78 is 4.98. The highest BCUT2D eigenvalue weighted by Gasteiger charge is 2.08. The Labute approximate surface area is 119 Å². The molecule has 0 aliphatic rings. The lowest BCUT2D eigenvalue weighted by molar-refractivity contribution is 0.555. The fraction of sp³-hybridized carbons (Fsp3) is 0.0714. The minimum atomic E-state index is -0.485. The summed E-state index contributed by atoms with van der Waals surface area (Å²) in [6, 6.07) is 11.4. The summed E-state index contributed by atoms with van der Waals surface area (Å²) in [5.41, 5.74) is 9.29. The molecule has 6 heteroatoms. The molecule has 0 aliphatic heterocycles. The van der Waals surface area contributed by atoms with Crippen LogP contribution in [0.15, 0.2) is 50.5 Å². The second kappa shape index (κ2) is 4.97. The highest BCUT2D eigenvalue weighted by atomic mass is 32.2. The van der Waals surface area contributed by atoms with Crippen LogP contribution in [0.1, 0.15) is 0 Å². The molecule has 0 saturated carbocycles. The SMILES string of the molecule is CSc1ccccc1Nc1cc2[nH]c(=O)oc2cc1N. The molecule has 1 aromatic heterocycles. The first kappa shape index (κ1) is 12.7. The zero-order chi connectivity index (χ0) is 14.1. The molecule has 0 atom stereocenters. The number of H-pyrrole nitrogens is 1. The summed E-state index contributed by atoms with van der Waals surface area (Å²) in [6.07, 6.45) is 2.01. The molecule has 0 fully saturated rings. The van der Waals surface area contributed by atoms with Gasteiger partial charge in [-0.1, -0.05) is 12.1 Å². The van der Waals surface area contributed by atoms with Crippen LogP contribution in [-0.4, -0.2) is 11.2 Å². The molecule has 0 spiro atoms. The van der Waals surface area contributed by atoms with Gasteiger partial charge in [0.2, 0.25) is 0 Å². The molecule has 3 aromatic rings. The van der Waals surface area contributed by atoms with Gasteiger partial charge in [-0.2, -0.15) is 0 Å². The van der Waals surface area contributed by atoms with Crippen molar-refractivity contribution in [2.24, 2.45) is 0 Å². The highest BCUT2D eigenvalue weighted by Crippen LogP contribution is 2.31. The Morgan fingerprint density at radius 1 is 1.25 bits per heavy atom. The summed E-state index contributed by atoms with van der Waals surface area (Å²) in [5, 5.41) is 3.28. The van der Waals surface area contributed by atoms with Gasteiger partial charge in [-0.15, -0.1) is 11.8 Å². The van der Waals surface area contributed by atoms with E-state index in [1.165, 1.54) is 0 Å². The number of aromatic amines is 1. The van der Waals surface area contributed by atoms with Crippen LogP contribution in [0.3, 0.4) is 0 Å². The Morgan fingerprint density at radius 2 is 2.05 bits per heavy atom. The number of oxazole rings is 1. The number of anilines is 3. The monoisotopic (exact) mass is 287 g/mol. The van der Waals surface area contributed by atoms with Crippen molar-refractivity contribution in [2.45, 2.75) is 4.90 Å². The second-order valence-corrected chi connectivity index (χ2v) is 5.12. The number of nitrogens with one attached hydrogen (secondary N) is 2. The van der Waals surface area contributed by atoms with E-state index in [1.807, 2.05) is 30.5 Å². The molecule has 102 valence electrons. The summed E-state index contributed by atoms with van der Waals surface area (Å²) in [4.78, 5) is 14.9. The first-order valence-corrected chi connectivity index (χ1v) is 7.22. The maximum atomic E-state index is 11.2. The predicted octanol–water partition coefficient (Wildman–Crippen LogP) is 3.17. The molecule has 1 heterocycles. The molecule has 0 unspecified atom stereocenters. The number of hydrogen-bond acceptors (Lipinski definition) is 5. The van der Waals surface area contributed by atoms with Gasteiger partial charge in [0.25, 0.3) is 0 Å². The number of aromatic nitrogens is 1. The first-order valence-electron chi connectivity index (χ1n) is 6.00. The summed E-state index contributed by atoms with van der Waals surface area (Å²) in [6.45, 7) is 0. The van der Waals surface area contributed by atoms with Gasteiger partial charge in [0.15, 0.2) is 5.58 Å². The number of hydrogen-bond donors (Lipinski definition) is 3. The molecule has 0 radical (unpaired) electrons. The Hall–Kier alpha value is -2.34. The van der Waals surface area contributed by atoms with Crippen LogP contribution >= 0.6 is 11.8 Å². The fourth-order valence-corrected chi connectivity index (χ4v) is 2.57. The lowest BCUT2D eigenvalue weighted by atomic mass is 10.2. The van der Waals surface area contributed by atoms with E-state index in [1.54, 1.807) is 23.9 Å². The number of thioether (sulfide) groups is 1. The molecule has 3 rings (SSSR count). The van der Waals surface area contributed by atoms with Crippen LogP contribution in [0.4, 0.5) is 17.1 Å². The van der Waals surface area contributed by atoms with Gasteiger partial charge < -0.3 is 15.5 Å². The third-order valence-corrected chi connectivity index (χ3v) is 3.76. The quantitative estimate of drug-likeness (QED) is 0.509. The first-order chi connectivity index (χ1) is 9.67. The van der Waals surface area contributed by atoms with Crippen molar-refractivity contribution >= 4 is 39.9 Å². The zero-order valence-electron chi connectivity index (χ0n) is 10.8. The summed E-state index contributed by atoms with van der Waals surface area (Å²) in [5.74, 6) is -0.485. The summed E-state index contributed by atoms with van der Waals surface area (Å²) >= 11 is 1.65. The summed E-state index contributed by atoms with van der Waals surface area (Å²) in [7, 11) is 0. The Kier molecular flexibility index (Phi) is 3.15. The van der Waals surface area contributed by atoms with Crippen molar-refractivity contribution in [1.82, 2.24) is 4.98 Å². The third kappa shape index (κ3) is 2.25. The topological polar surface area (TPSA) is 84.0 Å². The standard InChI is InChI=1S/C14H13N3O2S/c1-20-13-5-3-2-4-9(13)16-10-7-11-12(6-8(10)15)19-14(18)17-11/h2-7,16H,15H2,1H3,(H,17,18). The van der Waals surface area contributed by atoms with Crippen LogP contribution < -0.4 is 16.8 Å². The van der Waals surface area contributed by atoms with Crippen molar-refractivity contribution in [3.05, 3.63) is 46.9 Å². The van der Waals surface area contributed by atoms with E-state index in [9.17, 15) is 4.79 Å². The van der Waals surface area contributed by atoms with Crippen molar-refractivity contribution in [1.29, 1.82) is 0 Å². The average molecular weight is 287 g/mol.